The first kappa shape index (κ1) is 13.6. The van der Waals surface area contributed by atoms with E-state index in [1.165, 1.54) is 11.1 Å². The molecule has 0 aliphatic carbocycles. The Bertz CT molecular complexity index is 531. The number of hydrogen-bond acceptors (Lipinski definition) is 2. The highest BCUT2D eigenvalue weighted by atomic mass is 16.3. The van der Waals surface area contributed by atoms with Gasteiger partial charge in [-0.15, -0.1) is 0 Å². The van der Waals surface area contributed by atoms with E-state index in [1.807, 2.05) is 12.1 Å². The van der Waals surface area contributed by atoms with Gasteiger partial charge >= 0.3 is 0 Å². The first-order valence-corrected chi connectivity index (χ1v) is 6.61. The van der Waals surface area contributed by atoms with Crippen molar-refractivity contribution in [3.05, 3.63) is 65.2 Å². The van der Waals surface area contributed by atoms with Crippen LogP contribution in [0.25, 0.3) is 0 Å². The molecule has 0 amide bonds. The zero-order valence-electron chi connectivity index (χ0n) is 11.8. The summed E-state index contributed by atoms with van der Waals surface area (Å²) >= 11 is 0. The second-order valence-electron chi connectivity index (χ2n) is 5.11. The van der Waals surface area contributed by atoms with Gasteiger partial charge in [0.2, 0.25) is 0 Å². The molecule has 2 aromatic rings. The molecule has 2 heteroatoms. The van der Waals surface area contributed by atoms with Gasteiger partial charge in [0.25, 0.3) is 0 Å². The molecule has 1 N–H and O–H groups in total. The molecule has 0 fully saturated rings. The summed E-state index contributed by atoms with van der Waals surface area (Å²) in [6.07, 6.45) is -0.406. The lowest BCUT2D eigenvalue weighted by Crippen LogP contribution is -2.16. The molecule has 0 spiro atoms. The van der Waals surface area contributed by atoms with Crippen LogP contribution in [0.5, 0.6) is 0 Å². The van der Waals surface area contributed by atoms with Crippen LogP contribution in [-0.4, -0.2) is 12.2 Å². The van der Waals surface area contributed by atoms with Crippen molar-refractivity contribution < 1.29 is 5.11 Å². The lowest BCUT2D eigenvalue weighted by Gasteiger charge is -2.20. The zero-order chi connectivity index (χ0) is 13.8. The maximum Gasteiger partial charge on any atom is 0.0761 e. The Kier molecular flexibility index (Phi) is 4.23. The minimum absolute atomic E-state index is 0.406. The highest BCUT2D eigenvalue weighted by Crippen LogP contribution is 2.19. The van der Waals surface area contributed by atoms with E-state index < -0.39 is 6.10 Å². The smallest absolute Gasteiger partial charge is 0.0761 e. The number of aliphatic hydroxyl groups is 1. The number of hydrogen-bond donors (Lipinski definition) is 1. The predicted octanol–water partition coefficient (Wildman–Crippen LogP) is 3.68. The Morgan fingerprint density at radius 1 is 1.11 bits per heavy atom. The van der Waals surface area contributed by atoms with Gasteiger partial charge in [-0.1, -0.05) is 42.0 Å². The number of anilines is 1. The lowest BCUT2D eigenvalue weighted by atomic mass is 10.1. The number of rotatable bonds is 4. The third-order valence-corrected chi connectivity index (χ3v) is 3.32. The molecule has 0 heterocycles. The average molecular weight is 255 g/mol. The van der Waals surface area contributed by atoms with Gasteiger partial charge in [-0.05, 0) is 37.1 Å². The minimum Gasteiger partial charge on any atom is -0.389 e. The minimum atomic E-state index is -0.406. The molecule has 19 heavy (non-hydrogen) atoms. The quantitative estimate of drug-likeness (QED) is 0.900. The van der Waals surface area contributed by atoms with Crippen LogP contribution in [0.15, 0.2) is 48.5 Å². The molecule has 0 unspecified atom stereocenters. The summed E-state index contributed by atoms with van der Waals surface area (Å²) in [6.45, 7) is 4.78. The molecule has 0 aromatic heterocycles. The van der Waals surface area contributed by atoms with Crippen molar-refractivity contribution in [2.45, 2.75) is 26.5 Å². The predicted molar refractivity (Wildman–Crippen MR) is 80.4 cm³/mol. The maximum atomic E-state index is 9.51. The molecule has 1 atom stereocenters. The first-order chi connectivity index (χ1) is 9.06. The van der Waals surface area contributed by atoms with Crippen LogP contribution >= 0.6 is 0 Å². The van der Waals surface area contributed by atoms with Crippen molar-refractivity contribution >= 4 is 5.69 Å². The summed E-state index contributed by atoms with van der Waals surface area (Å²) in [5.74, 6) is 0. The molecule has 100 valence electrons. The Morgan fingerprint density at radius 2 is 1.79 bits per heavy atom. The van der Waals surface area contributed by atoms with E-state index in [1.54, 1.807) is 6.92 Å². The number of aliphatic hydroxyl groups excluding tert-OH is 1. The van der Waals surface area contributed by atoms with Crippen LogP contribution in [0.4, 0.5) is 5.69 Å². The van der Waals surface area contributed by atoms with Crippen LogP contribution in [-0.2, 0) is 6.54 Å². The Morgan fingerprint density at radius 3 is 2.37 bits per heavy atom. The van der Waals surface area contributed by atoms with Crippen molar-refractivity contribution in [2.75, 3.05) is 11.9 Å². The fourth-order valence-electron chi connectivity index (χ4n) is 2.18. The first-order valence-electron chi connectivity index (χ1n) is 6.61. The van der Waals surface area contributed by atoms with Crippen LogP contribution in [0.2, 0.25) is 0 Å². The van der Waals surface area contributed by atoms with Gasteiger partial charge in [-0.3, -0.25) is 0 Å². The van der Waals surface area contributed by atoms with Crippen molar-refractivity contribution in [3.63, 3.8) is 0 Å². The maximum absolute atomic E-state index is 9.51. The second kappa shape index (κ2) is 5.89. The molecule has 2 nitrogen and oxygen atoms in total. The number of nitrogens with zero attached hydrogens (tertiary/aromatic N) is 1. The number of benzene rings is 2. The van der Waals surface area contributed by atoms with E-state index in [4.69, 9.17) is 0 Å². The van der Waals surface area contributed by atoms with Gasteiger partial charge < -0.3 is 10.0 Å². The molecule has 0 radical (unpaired) electrons. The Hall–Kier alpha value is -1.80. The molecule has 0 aliphatic heterocycles. The van der Waals surface area contributed by atoms with Crippen LogP contribution in [0.1, 0.15) is 29.7 Å². The number of aryl methyl sites for hydroxylation is 1. The molecule has 0 saturated carbocycles. The standard InChI is InChI=1S/C17H21NO/c1-13-5-4-6-15(11-13)12-18(3)17-9-7-16(8-10-17)14(2)19/h4-11,14,19H,12H2,1-3H3/t14-/m0/s1. The highest BCUT2D eigenvalue weighted by Gasteiger charge is 2.04. The monoisotopic (exact) mass is 255 g/mol. The summed E-state index contributed by atoms with van der Waals surface area (Å²) < 4.78 is 0. The highest BCUT2D eigenvalue weighted by molar-refractivity contribution is 5.47. The molecule has 0 aliphatic rings. The molecular weight excluding hydrogens is 234 g/mol. The van der Waals surface area contributed by atoms with Gasteiger partial charge in [0, 0.05) is 19.3 Å². The van der Waals surface area contributed by atoms with Crippen LogP contribution in [0.3, 0.4) is 0 Å². The van der Waals surface area contributed by atoms with E-state index in [0.29, 0.717) is 0 Å². The summed E-state index contributed by atoms with van der Waals surface area (Å²) in [7, 11) is 2.08. The van der Waals surface area contributed by atoms with E-state index in [2.05, 4.69) is 55.3 Å². The van der Waals surface area contributed by atoms with Crippen molar-refractivity contribution in [2.24, 2.45) is 0 Å². The molecular formula is C17H21NO. The van der Waals surface area contributed by atoms with Gasteiger partial charge in [0.15, 0.2) is 0 Å². The third-order valence-electron chi connectivity index (χ3n) is 3.32. The topological polar surface area (TPSA) is 23.5 Å². The van der Waals surface area contributed by atoms with E-state index in [0.717, 1.165) is 17.8 Å². The van der Waals surface area contributed by atoms with E-state index >= 15 is 0 Å². The summed E-state index contributed by atoms with van der Waals surface area (Å²) in [4.78, 5) is 2.21. The van der Waals surface area contributed by atoms with Crippen LogP contribution < -0.4 is 4.90 Å². The van der Waals surface area contributed by atoms with E-state index in [9.17, 15) is 5.11 Å². The second-order valence-corrected chi connectivity index (χ2v) is 5.11. The van der Waals surface area contributed by atoms with Gasteiger partial charge in [0.05, 0.1) is 6.10 Å². The SMILES string of the molecule is Cc1cccc(CN(C)c2ccc([C@H](C)O)cc2)c1. The lowest BCUT2D eigenvalue weighted by molar-refractivity contribution is 0.199. The molecule has 0 bridgehead atoms. The Balaban J connectivity index is 2.09. The summed E-state index contributed by atoms with van der Waals surface area (Å²) in [5.41, 5.74) is 4.70. The molecule has 0 saturated heterocycles. The van der Waals surface area contributed by atoms with E-state index in [-0.39, 0.29) is 0 Å². The van der Waals surface area contributed by atoms with Gasteiger partial charge in [-0.2, -0.15) is 0 Å². The van der Waals surface area contributed by atoms with Gasteiger partial charge in [-0.25, -0.2) is 0 Å². The van der Waals surface area contributed by atoms with Crippen molar-refractivity contribution in [1.29, 1.82) is 0 Å². The van der Waals surface area contributed by atoms with Crippen molar-refractivity contribution in [3.8, 4) is 0 Å². The normalized spacial score (nSPS) is 12.2. The molecule has 2 rings (SSSR count). The fourth-order valence-corrected chi connectivity index (χ4v) is 2.18. The average Bonchev–Trinajstić information content (AvgIpc) is 2.39. The Labute approximate surface area is 115 Å². The summed E-state index contributed by atoms with van der Waals surface area (Å²) in [5, 5.41) is 9.51. The molecule has 2 aromatic carbocycles. The fraction of sp³-hybridized carbons (Fsp3) is 0.294. The zero-order valence-corrected chi connectivity index (χ0v) is 11.8. The van der Waals surface area contributed by atoms with Gasteiger partial charge in [0.1, 0.15) is 0 Å². The van der Waals surface area contributed by atoms with Crippen molar-refractivity contribution in [1.82, 2.24) is 0 Å². The third kappa shape index (κ3) is 3.58. The summed E-state index contributed by atoms with van der Waals surface area (Å²) in [6, 6.07) is 16.6. The largest absolute Gasteiger partial charge is 0.389 e. The van der Waals surface area contributed by atoms with Crippen LogP contribution in [0, 0.1) is 6.92 Å².